The molecule has 0 saturated carbocycles. The SMILES string of the molecule is OC(c1cnc(C(F)(F)F)s1)c1cc2sccc2s1. The largest absolute Gasteiger partial charge is 0.443 e. The lowest BCUT2D eigenvalue weighted by molar-refractivity contribution is -0.137. The van der Waals surface area contributed by atoms with E-state index in [0.29, 0.717) is 16.2 Å². The van der Waals surface area contributed by atoms with Gasteiger partial charge in [-0.05, 0) is 17.5 Å². The molecule has 1 atom stereocenters. The van der Waals surface area contributed by atoms with Crippen molar-refractivity contribution in [2.45, 2.75) is 12.3 Å². The normalized spacial score (nSPS) is 14.1. The van der Waals surface area contributed by atoms with Crippen LogP contribution < -0.4 is 0 Å². The van der Waals surface area contributed by atoms with E-state index < -0.39 is 17.3 Å². The number of alkyl halides is 3. The van der Waals surface area contributed by atoms with Gasteiger partial charge in [-0.2, -0.15) is 13.2 Å². The first kappa shape index (κ1) is 13.0. The summed E-state index contributed by atoms with van der Waals surface area (Å²) in [4.78, 5) is 4.16. The van der Waals surface area contributed by atoms with Crippen molar-refractivity contribution in [2.75, 3.05) is 0 Å². The average molecular weight is 321 g/mol. The Labute approximate surface area is 117 Å². The van der Waals surface area contributed by atoms with Gasteiger partial charge in [-0.25, -0.2) is 4.98 Å². The van der Waals surface area contributed by atoms with Crippen molar-refractivity contribution in [1.29, 1.82) is 0 Å². The molecule has 0 saturated heterocycles. The number of nitrogens with zero attached hydrogens (tertiary/aromatic N) is 1. The second-order valence-corrected chi connectivity index (χ2v) is 6.89. The molecule has 2 nitrogen and oxygen atoms in total. The predicted octanol–water partition coefficient (Wildman–Crippen LogP) is 4.52. The average Bonchev–Trinajstić information content (AvgIpc) is 3.01. The van der Waals surface area contributed by atoms with Gasteiger partial charge in [0.15, 0.2) is 5.01 Å². The standard InChI is InChI=1S/C11H6F3NOS3/c12-11(13,14)10-15-4-8(19-10)9(16)7-3-6-5(18-7)1-2-17-6/h1-4,9,16H. The highest BCUT2D eigenvalue weighted by molar-refractivity contribution is 7.27. The van der Waals surface area contributed by atoms with Gasteiger partial charge >= 0.3 is 6.18 Å². The fourth-order valence-corrected chi connectivity index (χ4v) is 4.59. The number of thiophene rings is 2. The molecule has 0 aliphatic heterocycles. The third-order valence-corrected chi connectivity index (χ3v) is 5.70. The van der Waals surface area contributed by atoms with Gasteiger partial charge in [-0.15, -0.1) is 34.0 Å². The van der Waals surface area contributed by atoms with Crippen molar-refractivity contribution in [2.24, 2.45) is 0 Å². The minimum absolute atomic E-state index is 0.209. The minimum Gasteiger partial charge on any atom is -0.382 e. The van der Waals surface area contributed by atoms with Crippen LogP contribution in [0.1, 0.15) is 20.9 Å². The Balaban J connectivity index is 1.93. The fourth-order valence-electron chi connectivity index (χ4n) is 1.60. The summed E-state index contributed by atoms with van der Waals surface area (Å²) in [5.41, 5.74) is 0. The number of aliphatic hydroxyl groups is 1. The van der Waals surface area contributed by atoms with Crippen LogP contribution in [0, 0.1) is 0 Å². The van der Waals surface area contributed by atoms with Gasteiger partial charge < -0.3 is 5.11 Å². The second-order valence-electron chi connectivity index (χ2n) is 3.77. The lowest BCUT2D eigenvalue weighted by atomic mass is 10.2. The van der Waals surface area contributed by atoms with Crippen molar-refractivity contribution >= 4 is 43.4 Å². The number of hydrogen-bond donors (Lipinski definition) is 1. The summed E-state index contributed by atoms with van der Waals surface area (Å²) in [5.74, 6) is 0. The van der Waals surface area contributed by atoms with Crippen molar-refractivity contribution in [1.82, 2.24) is 4.98 Å². The van der Waals surface area contributed by atoms with E-state index in [-0.39, 0.29) is 4.88 Å². The van der Waals surface area contributed by atoms with Gasteiger partial charge in [0, 0.05) is 20.5 Å². The van der Waals surface area contributed by atoms with Crippen LogP contribution in [0.2, 0.25) is 0 Å². The van der Waals surface area contributed by atoms with Crippen LogP contribution in [0.4, 0.5) is 13.2 Å². The third-order valence-electron chi connectivity index (χ3n) is 2.46. The van der Waals surface area contributed by atoms with Gasteiger partial charge in [0.25, 0.3) is 0 Å². The highest BCUT2D eigenvalue weighted by atomic mass is 32.1. The Morgan fingerprint density at radius 3 is 2.58 bits per heavy atom. The molecular formula is C11H6F3NOS3. The van der Waals surface area contributed by atoms with Crippen molar-refractivity contribution in [3.05, 3.63) is 38.5 Å². The molecule has 0 aromatic carbocycles. The molecule has 0 amide bonds. The number of rotatable bonds is 2. The minimum atomic E-state index is -4.46. The molecule has 0 aliphatic rings. The van der Waals surface area contributed by atoms with E-state index in [1.165, 1.54) is 22.7 Å². The summed E-state index contributed by atoms with van der Waals surface area (Å²) in [6.07, 6.45) is -4.41. The zero-order valence-electron chi connectivity index (χ0n) is 9.14. The summed E-state index contributed by atoms with van der Waals surface area (Å²) < 4.78 is 39.4. The van der Waals surface area contributed by atoms with E-state index in [0.717, 1.165) is 15.6 Å². The molecule has 1 N–H and O–H groups in total. The topological polar surface area (TPSA) is 33.1 Å². The second kappa shape index (κ2) is 4.55. The van der Waals surface area contributed by atoms with Gasteiger partial charge in [-0.3, -0.25) is 0 Å². The van der Waals surface area contributed by atoms with Crippen molar-refractivity contribution in [3.8, 4) is 0 Å². The van der Waals surface area contributed by atoms with E-state index in [9.17, 15) is 18.3 Å². The number of fused-ring (bicyclic) bond motifs is 1. The molecule has 3 aromatic rings. The lowest BCUT2D eigenvalue weighted by Crippen LogP contribution is -2.03. The van der Waals surface area contributed by atoms with E-state index in [1.54, 1.807) is 0 Å². The number of aliphatic hydroxyl groups excluding tert-OH is 1. The summed E-state index contributed by atoms with van der Waals surface area (Å²) >= 11 is 3.40. The summed E-state index contributed by atoms with van der Waals surface area (Å²) in [7, 11) is 0. The zero-order chi connectivity index (χ0) is 13.6. The smallest absolute Gasteiger partial charge is 0.382 e. The number of hydrogen-bond acceptors (Lipinski definition) is 5. The number of halogens is 3. The number of thiazole rings is 1. The van der Waals surface area contributed by atoms with Crippen LogP contribution in [0.3, 0.4) is 0 Å². The molecule has 3 rings (SSSR count). The number of aromatic nitrogens is 1. The molecule has 0 fully saturated rings. The first-order valence-corrected chi connectivity index (χ1v) is 7.64. The van der Waals surface area contributed by atoms with Crippen molar-refractivity contribution in [3.63, 3.8) is 0 Å². The van der Waals surface area contributed by atoms with E-state index >= 15 is 0 Å². The molecule has 0 spiro atoms. The molecule has 0 radical (unpaired) electrons. The quantitative estimate of drug-likeness (QED) is 0.753. The summed E-state index contributed by atoms with van der Waals surface area (Å²) in [5, 5.41) is 11.1. The molecule has 3 aromatic heterocycles. The van der Waals surface area contributed by atoms with Crippen molar-refractivity contribution < 1.29 is 18.3 Å². The third kappa shape index (κ3) is 2.40. The Bertz CT molecular complexity index is 683. The monoisotopic (exact) mass is 321 g/mol. The highest BCUT2D eigenvalue weighted by Gasteiger charge is 2.35. The van der Waals surface area contributed by atoms with Gasteiger partial charge in [0.05, 0.1) is 4.88 Å². The molecule has 19 heavy (non-hydrogen) atoms. The highest BCUT2D eigenvalue weighted by Crippen LogP contribution is 2.39. The summed E-state index contributed by atoms with van der Waals surface area (Å²) in [6, 6.07) is 3.73. The first-order valence-electron chi connectivity index (χ1n) is 5.13. The molecule has 0 bridgehead atoms. The van der Waals surface area contributed by atoms with E-state index in [2.05, 4.69) is 4.98 Å². The van der Waals surface area contributed by atoms with Crippen LogP contribution in [0.5, 0.6) is 0 Å². The Morgan fingerprint density at radius 2 is 1.95 bits per heavy atom. The molecule has 8 heteroatoms. The maximum Gasteiger partial charge on any atom is 0.443 e. The molecule has 0 aliphatic carbocycles. The van der Waals surface area contributed by atoms with Crippen LogP contribution >= 0.6 is 34.0 Å². The van der Waals surface area contributed by atoms with Gasteiger partial charge in [0.1, 0.15) is 6.10 Å². The molecular weight excluding hydrogens is 315 g/mol. The fraction of sp³-hybridized carbons (Fsp3) is 0.182. The lowest BCUT2D eigenvalue weighted by Gasteiger charge is -2.04. The molecule has 100 valence electrons. The molecule has 1 unspecified atom stereocenters. The Kier molecular flexibility index (Phi) is 3.12. The van der Waals surface area contributed by atoms with Gasteiger partial charge in [0.2, 0.25) is 0 Å². The predicted molar refractivity (Wildman–Crippen MR) is 70.9 cm³/mol. The van der Waals surface area contributed by atoms with Crippen LogP contribution in [-0.2, 0) is 6.18 Å². The summed E-state index contributed by atoms with van der Waals surface area (Å²) in [6.45, 7) is 0. The Hall–Kier alpha value is -0.960. The molecule has 3 heterocycles. The first-order chi connectivity index (χ1) is 8.95. The van der Waals surface area contributed by atoms with E-state index in [1.807, 2.05) is 17.5 Å². The van der Waals surface area contributed by atoms with Crippen LogP contribution in [0.15, 0.2) is 23.7 Å². The maximum absolute atomic E-state index is 12.5. The maximum atomic E-state index is 12.5. The van der Waals surface area contributed by atoms with Crippen LogP contribution in [0.25, 0.3) is 9.40 Å². The van der Waals surface area contributed by atoms with E-state index in [4.69, 9.17) is 0 Å². The Morgan fingerprint density at radius 1 is 1.16 bits per heavy atom. The zero-order valence-corrected chi connectivity index (χ0v) is 11.6. The van der Waals surface area contributed by atoms with Crippen LogP contribution in [-0.4, -0.2) is 10.1 Å². The van der Waals surface area contributed by atoms with Gasteiger partial charge in [-0.1, -0.05) is 0 Å².